The lowest BCUT2D eigenvalue weighted by Gasteiger charge is -2.13. The molecule has 5 nitrogen and oxygen atoms in total. The summed E-state index contributed by atoms with van der Waals surface area (Å²) in [5, 5.41) is 8.81. The molecule has 114 valence electrons. The average molecular weight is 291 g/mol. The summed E-state index contributed by atoms with van der Waals surface area (Å²) in [5.41, 5.74) is -0.0760. The summed E-state index contributed by atoms with van der Waals surface area (Å²) in [5.74, 6) is 2.54. The molecule has 0 unspecified atom stereocenters. The molecule has 0 aliphatic rings. The third-order valence-electron chi connectivity index (χ3n) is 2.84. The van der Waals surface area contributed by atoms with E-state index in [1.807, 2.05) is 12.1 Å². The van der Waals surface area contributed by atoms with Crippen LogP contribution >= 0.6 is 0 Å². The minimum Gasteiger partial charge on any atom is -0.487 e. The van der Waals surface area contributed by atoms with Crippen molar-refractivity contribution in [2.75, 3.05) is 13.2 Å². The third kappa shape index (κ3) is 4.23. The lowest BCUT2D eigenvalue weighted by atomic mass is 9.94. The molecule has 0 fully saturated rings. The van der Waals surface area contributed by atoms with Gasteiger partial charge in [-0.05, 0) is 12.1 Å². The first kappa shape index (κ1) is 15.4. The molecule has 0 aliphatic heterocycles. The molecular weight excluding hydrogens is 270 g/mol. The Balaban J connectivity index is 2.01. The van der Waals surface area contributed by atoms with Crippen molar-refractivity contribution in [3.8, 4) is 11.5 Å². The van der Waals surface area contributed by atoms with Gasteiger partial charge in [-0.15, -0.1) is 0 Å². The van der Waals surface area contributed by atoms with Gasteiger partial charge in [-0.3, -0.25) is 0 Å². The van der Waals surface area contributed by atoms with Crippen molar-refractivity contribution >= 4 is 0 Å². The van der Waals surface area contributed by atoms with E-state index in [1.54, 1.807) is 18.3 Å². The molecule has 0 atom stereocenters. The molecule has 5 heteroatoms. The van der Waals surface area contributed by atoms with Gasteiger partial charge in [-0.2, -0.15) is 0 Å². The maximum absolute atomic E-state index is 8.81. The van der Waals surface area contributed by atoms with Crippen molar-refractivity contribution in [3.05, 3.63) is 42.1 Å². The number of hydrogen-bond acceptors (Lipinski definition) is 5. The molecule has 0 aliphatic carbocycles. The van der Waals surface area contributed by atoms with Gasteiger partial charge in [0.15, 0.2) is 18.1 Å². The number of aromatic nitrogens is 1. The first-order chi connectivity index (χ1) is 10.0. The molecule has 0 radical (unpaired) electrons. The maximum Gasteiger partial charge on any atom is 0.232 e. The lowest BCUT2D eigenvalue weighted by molar-refractivity contribution is 0.188. The summed E-state index contributed by atoms with van der Waals surface area (Å²) in [7, 11) is 0. The number of aliphatic hydroxyl groups excluding tert-OH is 1. The highest BCUT2D eigenvalue weighted by molar-refractivity contribution is 5.39. The number of hydrogen-bond donors (Lipinski definition) is 1. The van der Waals surface area contributed by atoms with E-state index in [2.05, 4.69) is 25.8 Å². The van der Waals surface area contributed by atoms with Gasteiger partial charge in [0.25, 0.3) is 0 Å². The van der Waals surface area contributed by atoms with E-state index in [9.17, 15) is 0 Å². The lowest BCUT2D eigenvalue weighted by Crippen LogP contribution is -2.09. The number of ether oxygens (including phenoxy) is 2. The van der Waals surface area contributed by atoms with Crippen LogP contribution in [0.3, 0.4) is 0 Å². The molecule has 1 heterocycles. The first-order valence-corrected chi connectivity index (χ1v) is 6.91. The van der Waals surface area contributed by atoms with Crippen LogP contribution in [0, 0.1) is 0 Å². The summed E-state index contributed by atoms with van der Waals surface area (Å²) < 4.78 is 16.8. The fourth-order valence-electron chi connectivity index (χ4n) is 1.71. The SMILES string of the molecule is CC(C)(C)c1cnc(COc2ccccc2OCCO)o1. The van der Waals surface area contributed by atoms with Gasteiger partial charge in [0.2, 0.25) is 5.89 Å². The molecule has 2 rings (SSSR count). The van der Waals surface area contributed by atoms with Crippen LogP contribution in [0.15, 0.2) is 34.9 Å². The van der Waals surface area contributed by atoms with Crippen molar-refractivity contribution in [2.45, 2.75) is 32.8 Å². The topological polar surface area (TPSA) is 64.7 Å². The van der Waals surface area contributed by atoms with Crippen molar-refractivity contribution in [1.82, 2.24) is 4.98 Å². The van der Waals surface area contributed by atoms with Gasteiger partial charge in [-0.1, -0.05) is 32.9 Å². The number of oxazole rings is 1. The Kier molecular flexibility index (Phi) is 4.85. The molecule has 0 saturated heterocycles. The van der Waals surface area contributed by atoms with Gasteiger partial charge in [0, 0.05) is 5.41 Å². The Morgan fingerprint density at radius 2 is 1.81 bits per heavy atom. The fourth-order valence-corrected chi connectivity index (χ4v) is 1.71. The minimum absolute atomic E-state index is 0.0387. The molecule has 1 aromatic carbocycles. The second kappa shape index (κ2) is 6.63. The number of aliphatic hydroxyl groups is 1. The van der Waals surface area contributed by atoms with E-state index in [4.69, 9.17) is 19.0 Å². The van der Waals surface area contributed by atoms with Crippen LogP contribution in [-0.2, 0) is 12.0 Å². The highest BCUT2D eigenvalue weighted by Crippen LogP contribution is 2.28. The van der Waals surface area contributed by atoms with E-state index in [0.29, 0.717) is 17.4 Å². The monoisotopic (exact) mass is 291 g/mol. The van der Waals surface area contributed by atoms with Crippen molar-refractivity contribution < 1.29 is 19.0 Å². The molecule has 21 heavy (non-hydrogen) atoms. The molecule has 0 saturated carbocycles. The normalized spacial score (nSPS) is 11.4. The number of benzene rings is 1. The summed E-state index contributed by atoms with van der Waals surface area (Å²) in [6.45, 7) is 6.62. The molecular formula is C16H21NO4. The van der Waals surface area contributed by atoms with Gasteiger partial charge in [0.1, 0.15) is 12.4 Å². The van der Waals surface area contributed by atoms with Gasteiger partial charge in [-0.25, -0.2) is 4.98 Å². The number of para-hydroxylation sites is 2. The zero-order valence-corrected chi connectivity index (χ0v) is 12.6. The van der Waals surface area contributed by atoms with Crippen LogP contribution in [-0.4, -0.2) is 23.3 Å². The smallest absolute Gasteiger partial charge is 0.232 e. The standard InChI is InChI=1S/C16H21NO4/c1-16(2,3)14-10-17-15(21-14)11-20-13-7-5-4-6-12(13)19-9-8-18/h4-7,10,18H,8-9,11H2,1-3H3. The third-order valence-corrected chi connectivity index (χ3v) is 2.84. The van der Waals surface area contributed by atoms with Crippen LogP contribution < -0.4 is 9.47 Å². The van der Waals surface area contributed by atoms with Crippen LogP contribution in [0.25, 0.3) is 0 Å². The minimum atomic E-state index is -0.0760. The van der Waals surface area contributed by atoms with Crippen molar-refractivity contribution in [2.24, 2.45) is 0 Å². The highest BCUT2D eigenvalue weighted by atomic mass is 16.5. The molecule has 1 N–H and O–H groups in total. The van der Waals surface area contributed by atoms with E-state index in [0.717, 1.165) is 5.76 Å². The van der Waals surface area contributed by atoms with Crippen LogP contribution in [0.2, 0.25) is 0 Å². The first-order valence-electron chi connectivity index (χ1n) is 6.91. The molecule has 2 aromatic rings. The second-order valence-corrected chi connectivity index (χ2v) is 5.68. The summed E-state index contributed by atoms with van der Waals surface area (Å²) in [6.07, 6.45) is 1.73. The largest absolute Gasteiger partial charge is 0.487 e. The number of rotatable bonds is 6. The zero-order chi connectivity index (χ0) is 15.3. The predicted octanol–water partition coefficient (Wildman–Crippen LogP) is 2.92. The van der Waals surface area contributed by atoms with Gasteiger partial charge < -0.3 is 19.0 Å². The Morgan fingerprint density at radius 3 is 2.38 bits per heavy atom. The highest BCUT2D eigenvalue weighted by Gasteiger charge is 2.19. The number of nitrogens with zero attached hydrogens (tertiary/aromatic N) is 1. The Morgan fingerprint density at radius 1 is 1.14 bits per heavy atom. The maximum atomic E-state index is 8.81. The summed E-state index contributed by atoms with van der Waals surface area (Å²) in [6, 6.07) is 7.31. The second-order valence-electron chi connectivity index (χ2n) is 5.68. The molecule has 1 aromatic heterocycles. The summed E-state index contributed by atoms with van der Waals surface area (Å²) in [4.78, 5) is 4.22. The van der Waals surface area contributed by atoms with Crippen LogP contribution in [0.4, 0.5) is 0 Å². The van der Waals surface area contributed by atoms with Crippen molar-refractivity contribution in [1.29, 1.82) is 0 Å². The zero-order valence-electron chi connectivity index (χ0n) is 12.6. The van der Waals surface area contributed by atoms with E-state index < -0.39 is 0 Å². The molecule has 0 spiro atoms. The average Bonchev–Trinajstić information content (AvgIpc) is 2.92. The quantitative estimate of drug-likeness (QED) is 0.886. The van der Waals surface area contributed by atoms with E-state index in [1.165, 1.54) is 0 Å². The van der Waals surface area contributed by atoms with Crippen LogP contribution in [0.1, 0.15) is 32.4 Å². The fraction of sp³-hybridized carbons (Fsp3) is 0.438. The molecule has 0 amide bonds. The van der Waals surface area contributed by atoms with Crippen molar-refractivity contribution in [3.63, 3.8) is 0 Å². The Hall–Kier alpha value is -2.01. The Labute approximate surface area is 124 Å². The Bertz CT molecular complexity index is 572. The van der Waals surface area contributed by atoms with Gasteiger partial charge >= 0.3 is 0 Å². The molecule has 0 bridgehead atoms. The van der Waals surface area contributed by atoms with Crippen LogP contribution in [0.5, 0.6) is 11.5 Å². The van der Waals surface area contributed by atoms with E-state index in [-0.39, 0.29) is 25.2 Å². The summed E-state index contributed by atoms with van der Waals surface area (Å²) >= 11 is 0. The van der Waals surface area contributed by atoms with E-state index >= 15 is 0 Å². The van der Waals surface area contributed by atoms with Gasteiger partial charge in [0.05, 0.1) is 12.8 Å². The predicted molar refractivity (Wildman–Crippen MR) is 78.6 cm³/mol.